The summed E-state index contributed by atoms with van der Waals surface area (Å²) in [7, 11) is 0. The number of ether oxygens (including phenoxy) is 1. The van der Waals surface area contributed by atoms with E-state index in [2.05, 4.69) is 17.2 Å². The van der Waals surface area contributed by atoms with Gasteiger partial charge < -0.3 is 20.3 Å². The van der Waals surface area contributed by atoms with Crippen LogP contribution in [-0.4, -0.2) is 63.9 Å². The van der Waals surface area contributed by atoms with Crippen molar-refractivity contribution in [3.63, 3.8) is 0 Å². The van der Waals surface area contributed by atoms with Crippen molar-refractivity contribution in [3.8, 4) is 11.8 Å². The molecule has 3 N–H and O–H groups in total. The Balaban J connectivity index is 1.28. The molecule has 9 nitrogen and oxygen atoms in total. The number of rotatable bonds is 7. The third kappa shape index (κ3) is 7.42. The fraction of sp³-hybridized carbons (Fsp3) is 0.613. The lowest BCUT2D eigenvalue weighted by molar-refractivity contribution is -0.136. The largest absolute Gasteiger partial charge is 0.444 e. The molecular formula is C31H42N4O5. The summed E-state index contributed by atoms with van der Waals surface area (Å²) in [6, 6.07) is 5.26. The van der Waals surface area contributed by atoms with Crippen molar-refractivity contribution in [2.24, 2.45) is 5.73 Å². The van der Waals surface area contributed by atoms with Gasteiger partial charge in [0.15, 0.2) is 0 Å². The summed E-state index contributed by atoms with van der Waals surface area (Å²) >= 11 is 0. The lowest BCUT2D eigenvalue weighted by Crippen LogP contribution is -2.52. The predicted octanol–water partition coefficient (Wildman–Crippen LogP) is 3.87. The fourth-order valence-corrected chi connectivity index (χ4v) is 5.69. The number of nitrogens with one attached hydrogen (secondary N) is 1. The van der Waals surface area contributed by atoms with Crippen LogP contribution < -0.4 is 11.1 Å². The van der Waals surface area contributed by atoms with E-state index in [4.69, 9.17) is 10.5 Å². The first-order chi connectivity index (χ1) is 19.0. The monoisotopic (exact) mass is 550 g/mol. The second-order valence-electron chi connectivity index (χ2n) is 12.1. The molecule has 1 saturated heterocycles. The standard InChI is InChI=1S/C31H42N4O5/c1-31(2,3)40-30(39)34(23-15-13-22(32)14-16-23)19-8-6-4-5-7-10-21-11-9-12-24-25(21)20-35(29(24)38)26-17-18-27(36)33-28(26)37/h9,11-12,22-23,26H,4-6,8,13-20,32H2,1-3H3,(H,33,36,37). The van der Waals surface area contributed by atoms with Crippen LogP contribution in [0.3, 0.4) is 0 Å². The Bertz CT molecular complexity index is 1190. The van der Waals surface area contributed by atoms with E-state index in [0.29, 0.717) is 31.5 Å². The van der Waals surface area contributed by atoms with Crippen LogP contribution in [0.25, 0.3) is 0 Å². The van der Waals surface area contributed by atoms with Crippen molar-refractivity contribution in [3.05, 3.63) is 34.9 Å². The Morgan fingerprint density at radius 2 is 1.85 bits per heavy atom. The number of piperidine rings is 1. The van der Waals surface area contributed by atoms with Gasteiger partial charge in [0.05, 0.1) is 0 Å². The van der Waals surface area contributed by atoms with E-state index in [1.54, 1.807) is 11.0 Å². The number of imide groups is 1. The normalized spacial score (nSPS) is 22.8. The van der Waals surface area contributed by atoms with Crippen molar-refractivity contribution >= 4 is 23.8 Å². The number of fused-ring (bicyclic) bond motifs is 1. The second-order valence-corrected chi connectivity index (χ2v) is 12.1. The number of carbonyl (C=O) groups excluding carboxylic acids is 4. The van der Waals surface area contributed by atoms with Gasteiger partial charge in [0.1, 0.15) is 11.6 Å². The van der Waals surface area contributed by atoms with E-state index >= 15 is 0 Å². The third-order valence-electron chi connectivity index (χ3n) is 7.82. The molecular weight excluding hydrogens is 508 g/mol. The Labute approximate surface area is 237 Å². The van der Waals surface area contributed by atoms with Crippen molar-refractivity contribution in [1.29, 1.82) is 0 Å². The van der Waals surface area contributed by atoms with Crippen LogP contribution in [0.1, 0.15) is 106 Å². The highest BCUT2D eigenvalue weighted by molar-refractivity contribution is 6.05. The van der Waals surface area contributed by atoms with Gasteiger partial charge >= 0.3 is 6.09 Å². The zero-order valence-electron chi connectivity index (χ0n) is 24.0. The van der Waals surface area contributed by atoms with E-state index < -0.39 is 17.6 Å². The molecule has 0 bridgehead atoms. The molecule has 40 heavy (non-hydrogen) atoms. The van der Waals surface area contributed by atoms with E-state index in [9.17, 15) is 19.2 Å². The highest BCUT2D eigenvalue weighted by Gasteiger charge is 2.39. The number of hydrogen-bond donors (Lipinski definition) is 2. The number of benzene rings is 1. The van der Waals surface area contributed by atoms with Crippen LogP contribution in [0.4, 0.5) is 4.79 Å². The molecule has 2 fully saturated rings. The minimum absolute atomic E-state index is 0.178. The molecule has 1 atom stereocenters. The fourth-order valence-electron chi connectivity index (χ4n) is 5.69. The number of unbranched alkanes of at least 4 members (excludes halogenated alkanes) is 3. The lowest BCUT2D eigenvalue weighted by Gasteiger charge is -2.37. The van der Waals surface area contributed by atoms with Crippen molar-refractivity contribution in [1.82, 2.24) is 15.1 Å². The topological polar surface area (TPSA) is 122 Å². The smallest absolute Gasteiger partial charge is 0.410 e. The van der Waals surface area contributed by atoms with Gasteiger partial charge in [0.2, 0.25) is 11.8 Å². The highest BCUT2D eigenvalue weighted by atomic mass is 16.6. The van der Waals surface area contributed by atoms with Gasteiger partial charge in [-0.15, -0.1) is 0 Å². The van der Waals surface area contributed by atoms with Crippen LogP contribution >= 0.6 is 0 Å². The molecule has 2 aliphatic heterocycles. The first kappa shape index (κ1) is 29.6. The Kier molecular flexibility index (Phi) is 9.52. The number of nitrogens with two attached hydrogens (primary N) is 1. The third-order valence-corrected chi connectivity index (χ3v) is 7.82. The summed E-state index contributed by atoms with van der Waals surface area (Å²) in [6.45, 7) is 6.65. The summed E-state index contributed by atoms with van der Waals surface area (Å²) in [5.74, 6) is 5.56. The van der Waals surface area contributed by atoms with Crippen molar-refractivity contribution < 1.29 is 23.9 Å². The van der Waals surface area contributed by atoms with Crippen LogP contribution in [0.15, 0.2) is 18.2 Å². The van der Waals surface area contributed by atoms with Crippen molar-refractivity contribution in [2.45, 2.75) is 115 Å². The number of nitrogens with zero attached hydrogens (tertiary/aromatic N) is 2. The minimum Gasteiger partial charge on any atom is -0.444 e. The maximum absolute atomic E-state index is 13.0. The van der Waals surface area contributed by atoms with E-state index in [1.807, 2.05) is 37.8 Å². The quantitative estimate of drug-likeness (QED) is 0.302. The summed E-state index contributed by atoms with van der Waals surface area (Å²) in [6.07, 6.45) is 7.44. The average molecular weight is 551 g/mol. The first-order valence-electron chi connectivity index (χ1n) is 14.5. The van der Waals surface area contributed by atoms with E-state index in [0.717, 1.165) is 56.1 Å². The Hall–Kier alpha value is -3.38. The predicted molar refractivity (Wildman–Crippen MR) is 151 cm³/mol. The summed E-state index contributed by atoms with van der Waals surface area (Å²) in [5, 5.41) is 2.34. The van der Waals surface area contributed by atoms with Gasteiger partial charge in [-0.1, -0.05) is 24.3 Å². The van der Waals surface area contributed by atoms with Crippen LogP contribution in [0, 0.1) is 11.8 Å². The van der Waals surface area contributed by atoms with Crippen LogP contribution in [0.2, 0.25) is 0 Å². The molecule has 216 valence electrons. The molecule has 1 saturated carbocycles. The van der Waals surface area contributed by atoms with Crippen LogP contribution in [-0.2, 0) is 20.9 Å². The Morgan fingerprint density at radius 3 is 2.55 bits per heavy atom. The average Bonchev–Trinajstić information content (AvgIpc) is 3.22. The second kappa shape index (κ2) is 12.9. The zero-order chi connectivity index (χ0) is 28.9. The van der Waals surface area contributed by atoms with Gasteiger partial charge in [-0.3, -0.25) is 19.7 Å². The molecule has 4 amide bonds. The molecule has 1 aromatic rings. The molecule has 1 unspecified atom stereocenters. The maximum Gasteiger partial charge on any atom is 0.410 e. The van der Waals surface area contributed by atoms with Crippen LogP contribution in [0.5, 0.6) is 0 Å². The van der Waals surface area contributed by atoms with Crippen molar-refractivity contribution in [2.75, 3.05) is 6.54 Å². The molecule has 9 heteroatoms. The first-order valence-corrected chi connectivity index (χ1v) is 14.5. The number of carbonyl (C=O) groups is 4. The minimum atomic E-state index is -0.635. The SMILES string of the molecule is CC(C)(C)OC(=O)N(CCCCCC#Cc1cccc2c1CN(C1CCC(=O)NC1=O)C2=O)C1CCC(N)CC1. The summed E-state index contributed by atoms with van der Waals surface area (Å²) in [4.78, 5) is 53.2. The Morgan fingerprint density at radius 1 is 1.10 bits per heavy atom. The van der Waals surface area contributed by atoms with Gasteiger partial charge in [0, 0.05) is 49.1 Å². The highest BCUT2D eigenvalue weighted by Crippen LogP contribution is 2.29. The lowest BCUT2D eigenvalue weighted by atomic mass is 9.90. The molecule has 1 aromatic carbocycles. The molecule has 0 spiro atoms. The molecule has 1 aliphatic carbocycles. The maximum atomic E-state index is 13.0. The zero-order valence-corrected chi connectivity index (χ0v) is 24.0. The number of hydrogen-bond acceptors (Lipinski definition) is 6. The van der Waals surface area contributed by atoms with Gasteiger partial charge in [-0.25, -0.2) is 4.79 Å². The van der Waals surface area contributed by atoms with Gasteiger partial charge in [-0.05, 0) is 83.4 Å². The van der Waals surface area contributed by atoms with E-state index in [-0.39, 0.29) is 36.4 Å². The molecule has 0 radical (unpaired) electrons. The summed E-state index contributed by atoms with van der Waals surface area (Å²) < 4.78 is 5.69. The molecule has 3 aliphatic rings. The molecule has 4 rings (SSSR count). The molecule has 2 heterocycles. The van der Waals surface area contributed by atoms with Gasteiger partial charge in [0.25, 0.3) is 5.91 Å². The number of amides is 4. The van der Waals surface area contributed by atoms with Gasteiger partial charge in [-0.2, -0.15) is 0 Å². The van der Waals surface area contributed by atoms with E-state index in [1.165, 1.54) is 0 Å². The summed E-state index contributed by atoms with van der Waals surface area (Å²) in [5.41, 5.74) is 7.76. The molecule has 0 aromatic heterocycles.